The van der Waals surface area contributed by atoms with Gasteiger partial charge in [-0.15, -0.1) is 0 Å². The zero-order valence-electron chi connectivity index (χ0n) is 8.37. The summed E-state index contributed by atoms with van der Waals surface area (Å²) in [5, 5.41) is 19.1. The number of anilines is 1. The highest BCUT2D eigenvalue weighted by Crippen LogP contribution is 2.23. The highest BCUT2D eigenvalue weighted by molar-refractivity contribution is 5.68. The van der Waals surface area contributed by atoms with Crippen LogP contribution in [0.2, 0.25) is 0 Å². The van der Waals surface area contributed by atoms with Crippen LogP contribution in [-0.2, 0) is 0 Å². The van der Waals surface area contributed by atoms with Crippen LogP contribution in [0.25, 0.3) is 0 Å². The van der Waals surface area contributed by atoms with E-state index in [1.807, 2.05) is 0 Å². The van der Waals surface area contributed by atoms with E-state index in [-0.39, 0.29) is 5.82 Å². The van der Waals surface area contributed by atoms with Gasteiger partial charge in [-0.25, -0.2) is 4.39 Å². The van der Waals surface area contributed by atoms with Gasteiger partial charge in [-0.3, -0.25) is 0 Å². The van der Waals surface area contributed by atoms with Gasteiger partial charge < -0.3 is 15.8 Å². The molecule has 1 atom stereocenters. The molecule has 15 heavy (non-hydrogen) atoms. The van der Waals surface area contributed by atoms with Crippen LogP contribution in [0.15, 0.2) is 30.5 Å². The molecule has 4 heteroatoms. The molecule has 1 rings (SSSR count). The lowest BCUT2D eigenvalue weighted by Gasteiger charge is -2.11. The largest absolute Gasteiger partial charge is 0.389 e. The topological polar surface area (TPSA) is 56.1 Å². The highest BCUT2D eigenvalue weighted by atomic mass is 19.1. The first kappa shape index (κ1) is 11.4. The minimum atomic E-state index is -0.739. The van der Waals surface area contributed by atoms with E-state index in [4.69, 9.17) is 5.41 Å². The maximum Gasteiger partial charge on any atom is 0.123 e. The van der Waals surface area contributed by atoms with Gasteiger partial charge in [0, 0.05) is 23.7 Å². The van der Waals surface area contributed by atoms with E-state index in [1.54, 1.807) is 19.2 Å². The van der Waals surface area contributed by atoms with Crippen molar-refractivity contribution in [1.29, 1.82) is 5.41 Å². The van der Waals surface area contributed by atoms with Gasteiger partial charge in [-0.05, 0) is 31.2 Å². The number of aliphatic hydroxyl groups excluding tert-OH is 1. The van der Waals surface area contributed by atoms with Gasteiger partial charge in [0.2, 0.25) is 0 Å². The lowest BCUT2D eigenvalue weighted by Crippen LogP contribution is -1.99. The zero-order chi connectivity index (χ0) is 11.3. The number of aliphatic hydroxyl groups is 1. The first-order valence-electron chi connectivity index (χ1n) is 4.55. The molecule has 0 amide bonds. The normalized spacial score (nSPS) is 12.7. The van der Waals surface area contributed by atoms with Crippen molar-refractivity contribution in [2.75, 3.05) is 5.32 Å². The molecule has 0 saturated carbocycles. The Hall–Kier alpha value is -1.68. The Morgan fingerprint density at radius 1 is 1.53 bits per heavy atom. The predicted molar refractivity (Wildman–Crippen MR) is 58.6 cm³/mol. The molecule has 3 N–H and O–H groups in total. The van der Waals surface area contributed by atoms with Gasteiger partial charge in [0.25, 0.3) is 0 Å². The van der Waals surface area contributed by atoms with Crippen LogP contribution >= 0.6 is 0 Å². The number of hydrogen-bond donors (Lipinski definition) is 3. The molecular weight excluding hydrogens is 195 g/mol. The molecule has 0 aliphatic heterocycles. The Balaban J connectivity index is 2.95. The predicted octanol–water partition coefficient (Wildman–Crippen LogP) is 2.45. The van der Waals surface area contributed by atoms with Crippen LogP contribution in [0.4, 0.5) is 10.1 Å². The van der Waals surface area contributed by atoms with Crippen molar-refractivity contribution in [2.24, 2.45) is 0 Å². The first-order valence-corrected chi connectivity index (χ1v) is 4.55. The molecule has 0 heterocycles. The summed E-state index contributed by atoms with van der Waals surface area (Å²) in [5.74, 6) is -0.382. The molecule has 0 radical (unpaired) electrons. The molecule has 80 valence electrons. The Bertz CT molecular complexity index is 375. The molecule has 0 saturated heterocycles. The quantitative estimate of drug-likeness (QED) is 0.666. The standard InChI is InChI=1S/C11H13FN2O/c1-8(15)10-7-9(12)3-4-11(10)14-6-2-5-13/h2-8,13-15H,1H3/b6-2-,13-5?/t8-/m1/s1. The van der Waals surface area contributed by atoms with Crippen molar-refractivity contribution >= 4 is 11.9 Å². The molecule has 0 unspecified atom stereocenters. The lowest BCUT2D eigenvalue weighted by molar-refractivity contribution is 0.199. The van der Waals surface area contributed by atoms with Crippen LogP contribution in [-0.4, -0.2) is 11.3 Å². The molecule has 0 bridgehead atoms. The van der Waals surface area contributed by atoms with Crippen LogP contribution in [0.1, 0.15) is 18.6 Å². The van der Waals surface area contributed by atoms with E-state index in [2.05, 4.69) is 5.32 Å². The average Bonchev–Trinajstić information content (AvgIpc) is 2.20. The summed E-state index contributed by atoms with van der Waals surface area (Å²) in [6.07, 6.45) is 3.43. The van der Waals surface area contributed by atoms with Gasteiger partial charge in [-0.1, -0.05) is 0 Å². The van der Waals surface area contributed by atoms with Crippen molar-refractivity contribution < 1.29 is 9.50 Å². The minimum Gasteiger partial charge on any atom is -0.389 e. The number of rotatable bonds is 4. The van der Waals surface area contributed by atoms with Crippen LogP contribution in [0.3, 0.4) is 0 Å². The molecule has 0 spiro atoms. The van der Waals surface area contributed by atoms with Crippen LogP contribution in [0, 0.1) is 11.2 Å². The second kappa shape index (κ2) is 5.26. The summed E-state index contributed by atoms with van der Waals surface area (Å²) in [4.78, 5) is 0. The van der Waals surface area contributed by atoms with E-state index in [9.17, 15) is 9.50 Å². The third-order valence-electron chi connectivity index (χ3n) is 1.89. The Morgan fingerprint density at radius 2 is 2.27 bits per heavy atom. The Morgan fingerprint density at radius 3 is 2.87 bits per heavy atom. The van der Waals surface area contributed by atoms with Crippen molar-refractivity contribution in [1.82, 2.24) is 0 Å². The van der Waals surface area contributed by atoms with Crippen molar-refractivity contribution in [3.63, 3.8) is 0 Å². The van der Waals surface area contributed by atoms with Crippen molar-refractivity contribution in [3.8, 4) is 0 Å². The summed E-state index contributed by atoms with van der Waals surface area (Å²) < 4.78 is 12.9. The molecule has 0 aliphatic rings. The van der Waals surface area contributed by atoms with Crippen LogP contribution in [0.5, 0.6) is 0 Å². The summed E-state index contributed by atoms with van der Waals surface area (Å²) in [7, 11) is 0. The summed E-state index contributed by atoms with van der Waals surface area (Å²) >= 11 is 0. The number of halogens is 1. The van der Waals surface area contributed by atoms with Gasteiger partial charge in [0.1, 0.15) is 5.82 Å². The molecule has 1 aromatic rings. The molecule has 0 fully saturated rings. The monoisotopic (exact) mass is 208 g/mol. The summed E-state index contributed by atoms with van der Waals surface area (Å²) in [6.45, 7) is 1.57. The fourth-order valence-electron chi connectivity index (χ4n) is 1.20. The van der Waals surface area contributed by atoms with Crippen LogP contribution < -0.4 is 5.32 Å². The van der Waals surface area contributed by atoms with E-state index < -0.39 is 6.10 Å². The number of hydrogen-bond acceptors (Lipinski definition) is 3. The number of benzene rings is 1. The highest BCUT2D eigenvalue weighted by Gasteiger charge is 2.07. The second-order valence-electron chi connectivity index (χ2n) is 3.08. The minimum absolute atomic E-state index is 0.382. The van der Waals surface area contributed by atoms with E-state index in [0.717, 1.165) is 6.21 Å². The van der Waals surface area contributed by atoms with E-state index in [0.29, 0.717) is 11.3 Å². The van der Waals surface area contributed by atoms with Crippen molar-refractivity contribution in [2.45, 2.75) is 13.0 Å². The second-order valence-corrected chi connectivity index (χ2v) is 3.08. The maximum absolute atomic E-state index is 12.9. The fraction of sp³-hybridized carbons (Fsp3) is 0.182. The van der Waals surface area contributed by atoms with Gasteiger partial charge >= 0.3 is 0 Å². The molecule has 0 aromatic heterocycles. The summed E-state index contributed by atoms with van der Waals surface area (Å²) in [6, 6.07) is 4.14. The maximum atomic E-state index is 12.9. The first-order chi connectivity index (χ1) is 7.15. The third kappa shape index (κ3) is 3.18. The zero-order valence-corrected chi connectivity index (χ0v) is 8.37. The number of nitrogens with one attached hydrogen (secondary N) is 2. The lowest BCUT2D eigenvalue weighted by atomic mass is 10.1. The Kier molecular flexibility index (Phi) is 4.00. The van der Waals surface area contributed by atoms with E-state index >= 15 is 0 Å². The molecule has 0 aliphatic carbocycles. The molecule has 1 aromatic carbocycles. The van der Waals surface area contributed by atoms with Gasteiger partial charge in [0.05, 0.1) is 6.10 Å². The summed E-state index contributed by atoms with van der Waals surface area (Å²) in [5.41, 5.74) is 1.12. The van der Waals surface area contributed by atoms with Gasteiger partial charge in [-0.2, -0.15) is 0 Å². The molecular formula is C11H13FN2O. The van der Waals surface area contributed by atoms with Crippen molar-refractivity contribution in [3.05, 3.63) is 41.9 Å². The fourth-order valence-corrected chi connectivity index (χ4v) is 1.20. The van der Waals surface area contributed by atoms with Gasteiger partial charge in [0.15, 0.2) is 0 Å². The average molecular weight is 208 g/mol. The third-order valence-corrected chi connectivity index (χ3v) is 1.89. The smallest absolute Gasteiger partial charge is 0.123 e. The van der Waals surface area contributed by atoms with E-state index in [1.165, 1.54) is 18.2 Å². The number of allylic oxidation sites excluding steroid dienone is 1. The SMILES string of the molecule is C[C@@H](O)c1cc(F)ccc1N/C=C\C=N. The molecule has 3 nitrogen and oxygen atoms in total. The Labute approximate surface area is 87.8 Å².